The number of hydrogen-bond donors (Lipinski definition) is 1. The largest absolute Gasteiger partial charge is 0.298 e. The van der Waals surface area contributed by atoms with Gasteiger partial charge >= 0.3 is 0 Å². The summed E-state index contributed by atoms with van der Waals surface area (Å²) >= 11 is 0. The van der Waals surface area contributed by atoms with Crippen LogP contribution in [0.5, 0.6) is 0 Å². The van der Waals surface area contributed by atoms with Gasteiger partial charge in [0.2, 0.25) is 10.0 Å². The molecule has 0 spiro atoms. The van der Waals surface area contributed by atoms with Gasteiger partial charge in [0.15, 0.2) is 0 Å². The molecule has 0 bridgehead atoms. The lowest BCUT2D eigenvalue weighted by Gasteiger charge is -2.35. The van der Waals surface area contributed by atoms with Crippen molar-refractivity contribution in [2.75, 3.05) is 18.8 Å². The molecular formula is C18H22N2O2S. The monoisotopic (exact) mass is 330 g/mol. The van der Waals surface area contributed by atoms with Gasteiger partial charge in [0.25, 0.3) is 0 Å². The first-order valence-corrected chi connectivity index (χ1v) is 9.60. The number of sulfonamides is 1. The highest BCUT2D eigenvalue weighted by Gasteiger charge is 2.25. The van der Waals surface area contributed by atoms with E-state index in [0.717, 1.165) is 19.6 Å². The molecule has 4 nitrogen and oxygen atoms in total. The fourth-order valence-electron chi connectivity index (χ4n) is 3.31. The number of fused-ring (bicyclic) bond motifs is 1. The lowest BCUT2D eigenvalue weighted by Crippen LogP contribution is -2.35. The minimum atomic E-state index is -3.38. The van der Waals surface area contributed by atoms with E-state index in [1.54, 1.807) is 0 Å². The Bertz CT molecular complexity index is 760. The molecule has 0 saturated heterocycles. The van der Waals surface area contributed by atoms with Crippen LogP contribution in [0.4, 0.5) is 0 Å². The highest BCUT2D eigenvalue weighted by atomic mass is 32.2. The second kappa shape index (κ2) is 6.83. The van der Waals surface area contributed by atoms with E-state index in [9.17, 15) is 8.42 Å². The number of primary sulfonamides is 1. The summed E-state index contributed by atoms with van der Waals surface area (Å²) in [4.78, 5) is 2.32. The van der Waals surface area contributed by atoms with Crippen molar-refractivity contribution in [2.24, 2.45) is 5.14 Å². The van der Waals surface area contributed by atoms with Gasteiger partial charge in [-0.3, -0.25) is 4.90 Å². The first-order valence-electron chi connectivity index (χ1n) is 7.88. The molecular weight excluding hydrogens is 308 g/mol. The first-order chi connectivity index (χ1) is 11.0. The average molecular weight is 330 g/mol. The van der Waals surface area contributed by atoms with Crippen molar-refractivity contribution in [3.05, 3.63) is 71.3 Å². The molecule has 2 aromatic rings. The predicted molar refractivity (Wildman–Crippen MR) is 92.6 cm³/mol. The second-order valence-corrected chi connectivity index (χ2v) is 7.85. The fourth-order valence-corrected chi connectivity index (χ4v) is 3.84. The number of nitrogens with zero attached hydrogens (tertiary/aromatic N) is 1. The Kier molecular flexibility index (Phi) is 4.80. The minimum absolute atomic E-state index is 0.0428. The van der Waals surface area contributed by atoms with Crippen LogP contribution in [0, 0.1) is 0 Å². The fraction of sp³-hybridized carbons (Fsp3) is 0.333. The van der Waals surface area contributed by atoms with Crippen molar-refractivity contribution in [3.8, 4) is 0 Å². The highest BCUT2D eigenvalue weighted by Crippen LogP contribution is 2.33. The van der Waals surface area contributed by atoms with Crippen LogP contribution in [-0.4, -0.2) is 32.2 Å². The molecule has 1 aliphatic heterocycles. The normalized spacial score (nSPS) is 18.6. The summed E-state index contributed by atoms with van der Waals surface area (Å²) < 4.78 is 22.2. The third-order valence-electron chi connectivity index (χ3n) is 4.37. The molecule has 1 heterocycles. The minimum Gasteiger partial charge on any atom is -0.298 e. The van der Waals surface area contributed by atoms with Crippen LogP contribution in [-0.2, 0) is 16.6 Å². The van der Waals surface area contributed by atoms with Gasteiger partial charge in [0, 0.05) is 19.0 Å². The van der Waals surface area contributed by atoms with Crippen LogP contribution in [0.25, 0.3) is 0 Å². The van der Waals surface area contributed by atoms with Crippen molar-refractivity contribution in [1.82, 2.24) is 4.90 Å². The molecule has 0 amide bonds. The summed E-state index contributed by atoms with van der Waals surface area (Å²) in [6.07, 6.45) is 0.572. The Morgan fingerprint density at radius 3 is 2.48 bits per heavy atom. The third kappa shape index (κ3) is 4.19. The average Bonchev–Trinajstić information content (AvgIpc) is 2.54. The zero-order valence-corrected chi connectivity index (χ0v) is 13.9. The van der Waals surface area contributed by atoms with Crippen LogP contribution >= 0.6 is 0 Å². The third-order valence-corrected chi connectivity index (χ3v) is 5.23. The van der Waals surface area contributed by atoms with E-state index in [4.69, 9.17) is 5.14 Å². The quantitative estimate of drug-likeness (QED) is 0.915. The standard InChI is InChI=1S/C18H22N2O2S/c19-23(21,22)12-6-11-20-13-16-9-4-5-10-17(16)18(14-20)15-7-2-1-3-8-15/h1-5,7-10,18H,6,11-14H2,(H2,19,21,22). The van der Waals surface area contributed by atoms with Crippen molar-refractivity contribution in [2.45, 2.75) is 18.9 Å². The Morgan fingerprint density at radius 2 is 1.74 bits per heavy atom. The molecule has 1 atom stereocenters. The molecule has 2 aromatic carbocycles. The van der Waals surface area contributed by atoms with Gasteiger partial charge in [-0.1, -0.05) is 54.6 Å². The van der Waals surface area contributed by atoms with E-state index in [0.29, 0.717) is 12.3 Å². The van der Waals surface area contributed by atoms with Crippen molar-refractivity contribution in [1.29, 1.82) is 0 Å². The molecule has 1 aliphatic rings. The van der Waals surface area contributed by atoms with E-state index >= 15 is 0 Å². The molecule has 5 heteroatoms. The van der Waals surface area contributed by atoms with Crippen LogP contribution < -0.4 is 5.14 Å². The Labute approximate surface area is 138 Å². The van der Waals surface area contributed by atoms with Crippen LogP contribution in [0.2, 0.25) is 0 Å². The first kappa shape index (κ1) is 16.2. The van der Waals surface area contributed by atoms with E-state index in [1.165, 1.54) is 16.7 Å². The van der Waals surface area contributed by atoms with Crippen molar-refractivity contribution >= 4 is 10.0 Å². The number of hydrogen-bond acceptors (Lipinski definition) is 3. The molecule has 23 heavy (non-hydrogen) atoms. The maximum Gasteiger partial charge on any atom is 0.209 e. The van der Waals surface area contributed by atoms with Gasteiger partial charge in [0.05, 0.1) is 5.75 Å². The summed E-state index contributed by atoms with van der Waals surface area (Å²) in [5.74, 6) is 0.372. The molecule has 1 unspecified atom stereocenters. The molecule has 122 valence electrons. The molecule has 3 rings (SSSR count). The maximum absolute atomic E-state index is 11.1. The predicted octanol–water partition coefficient (Wildman–Crippen LogP) is 2.31. The SMILES string of the molecule is NS(=O)(=O)CCCN1Cc2ccccc2C(c2ccccc2)C1. The Balaban J connectivity index is 1.79. The summed E-state index contributed by atoms with van der Waals surface area (Å²) in [5.41, 5.74) is 4.00. The van der Waals surface area contributed by atoms with Gasteiger partial charge in [-0.15, -0.1) is 0 Å². The van der Waals surface area contributed by atoms with Crippen LogP contribution in [0.1, 0.15) is 29.0 Å². The molecule has 0 aliphatic carbocycles. The molecule has 0 radical (unpaired) electrons. The van der Waals surface area contributed by atoms with E-state index in [-0.39, 0.29) is 5.75 Å². The second-order valence-electron chi connectivity index (χ2n) is 6.12. The van der Waals surface area contributed by atoms with E-state index in [2.05, 4.69) is 53.4 Å². The van der Waals surface area contributed by atoms with E-state index in [1.807, 2.05) is 6.07 Å². The van der Waals surface area contributed by atoms with Crippen molar-refractivity contribution in [3.63, 3.8) is 0 Å². The van der Waals surface area contributed by atoms with Crippen LogP contribution in [0.15, 0.2) is 54.6 Å². The van der Waals surface area contributed by atoms with E-state index < -0.39 is 10.0 Å². The zero-order valence-electron chi connectivity index (χ0n) is 13.1. The van der Waals surface area contributed by atoms with Crippen LogP contribution in [0.3, 0.4) is 0 Å². The number of benzene rings is 2. The number of nitrogens with two attached hydrogens (primary N) is 1. The van der Waals surface area contributed by atoms with Gasteiger partial charge < -0.3 is 0 Å². The zero-order chi connectivity index (χ0) is 16.3. The topological polar surface area (TPSA) is 63.4 Å². The molecule has 0 fully saturated rings. The number of rotatable bonds is 5. The van der Waals surface area contributed by atoms with Gasteiger partial charge in [-0.05, 0) is 29.7 Å². The lowest BCUT2D eigenvalue weighted by molar-refractivity contribution is 0.241. The maximum atomic E-state index is 11.1. The highest BCUT2D eigenvalue weighted by molar-refractivity contribution is 7.89. The van der Waals surface area contributed by atoms with Gasteiger partial charge in [-0.25, -0.2) is 13.6 Å². The Morgan fingerprint density at radius 1 is 1.04 bits per heavy atom. The Hall–Kier alpha value is -1.69. The smallest absolute Gasteiger partial charge is 0.209 e. The van der Waals surface area contributed by atoms with Gasteiger partial charge in [-0.2, -0.15) is 0 Å². The summed E-state index contributed by atoms with van der Waals surface area (Å²) in [6.45, 7) is 2.52. The summed E-state index contributed by atoms with van der Waals surface area (Å²) in [6, 6.07) is 19.0. The van der Waals surface area contributed by atoms with Crippen molar-refractivity contribution < 1.29 is 8.42 Å². The summed E-state index contributed by atoms with van der Waals surface area (Å²) in [5, 5.41) is 5.10. The molecule has 2 N–H and O–H groups in total. The van der Waals surface area contributed by atoms with Gasteiger partial charge in [0.1, 0.15) is 0 Å². The lowest BCUT2D eigenvalue weighted by atomic mass is 9.84. The molecule has 0 aromatic heterocycles. The molecule has 0 saturated carbocycles. The summed E-state index contributed by atoms with van der Waals surface area (Å²) in [7, 11) is -3.38.